The summed E-state index contributed by atoms with van der Waals surface area (Å²) in [6, 6.07) is 0.244. The number of ether oxygens (including phenoxy) is 2. The van der Waals surface area contributed by atoms with E-state index in [1.807, 2.05) is 6.92 Å². The zero-order valence-corrected chi connectivity index (χ0v) is 11.0. The summed E-state index contributed by atoms with van der Waals surface area (Å²) >= 11 is 0. The first-order valence-corrected chi connectivity index (χ1v) is 5.84. The first kappa shape index (κ1) is 13.7. The molecule has 1 aromatic rings. The van der Waals surface area contributed by atoms with Crippen molar-refractivity contribution in [3.63, 3.8) is 0 Å². The number of anilines is 1. The Morgan fingerprint density at radius 3 is 2.76 bits per heavy atom. The van der Waals surface area contributed by atoms with Crippen molar-refractivity contribution in [2.24, 2.45) is 0 Å². The summed E-state index contributed by atoms with van der Waals surface area (Å²) < 4.78 is 10.4. The largest absolute Gasteiger partial charge is 0.491 e. The number of aryl methyl sites for hydroxylation is 1. The summed E-state index contributed by atoms with van der Waals surface area (Å²) in [6.45, 7) is 4.66. The van der Waals surface area contributed by atoms with Crippen LogP contribution in [0.25, 0.3) is 0 Å². The molecule has 17 heavy (non-hydrogen) atoms. The summed E-state index contributed by atoms with van der Waals surface area (Å²) in [7, 11) is 3.32. The normalized spacial score (nSPS) is 12.2. The van der Waals surface area contributed by atoms with E-state index < -0.39 is 0 Å². The smallest absolute Gasteiger partial charge is 0.179 e. The minimum Gasteiger partial charge on any atom is -0.491 e. The van der Waals surface area contributed by atoms with Crippen LogP contribution in [0.4, 0.5) is 5.82 Å². The van der Waals surface area contributed by atoms with Gasteiger partial charge in [0.25, 0.3) is 0 Å². The van der Waals surface area contributed by atoms with Crippen LogP contribution in [0.5, 0.6) is 5.75 Å². The van der Waals surface area contributed by atoms with E-state index >= 15 is 0 Å². The van der Waals surface area contributed by atoms with Crippen molar-refractivity contribution >= 4 is 5.82 Å². The van der Waals surface area contributed by atoms with Gasteiger partial charge in [-0.15, -0.1) is 0 Å². The second-order valence-corrected chi connectivity index (χ2v) is 3.92. The number of rotatable bonds is 7. The van der Waals surface area contributed by atoms with Crippen LogP contribution in [-0.4, -0.2) is 36.8 Å². The van der Waals surface area contributed by atoms with Crippen LogP contribution in [0.1, 0.15) is 25.6 Å². The van der Waals surface area contributed by atoms with Crippen LogP contribution in [0.15, 0.2) is 6.20 Å². The Balaban J connectivity index is 2.79. The van der Waals surface area contributed by atoms with Crippen molar-refractivity contribution in [3.05, 3.63) is 12.0 Å². The number of hydrogen-bond acceptors (Lipinski definition) is 5. The van der Waals surface area contributed by atoms with Crippen LogP contribution >= 0.6 is 0 Å². The molecule has 1 aromatic heterocycles. The summed E-state index contributed by atoms with van der Waals surface area (Å²) in [5.74, 6) is 2.12. The van der Waals surface area contributed by atoms with Crippen molar-refractivity contribution < 1.29 is 9.47 Å². The molecule has 0 aromatic carbocycles. The van der Waals surface area contributed by atoms with Gasteiger partial charge in [-0.1, -0.05) is 13.3 Å². The quantitative estimate of drug-likeness (QED) is 0.789. The van der Waals surface area contributed by atoms with E-state index in [0.717, 1.165) is 24.5 Å². The Morgan fingerprint density at radius 1 is 1.41 bits per heavy atom. The van der Waals surface area contributed by atoms with Crippen molar-refractivity contribution in [1.82, 2.24) is 9.97 Å². The second-order valence-electron chi connectivity index (χ2n) is 3.92. The number of hydrogen-bond donors (Lipinski definition) is 1. The maximum absolute atomic E-state index is 5.23. The van der Waals surface area contributed by atoms with Crippen LogP contribution in [0, 0.1) is 6.92 Å². The lowest BCUT2D eigenvalue weighted by Gasteiger charge is -2.19. The van der Waals surface area contributed by atoms with E-state index in [0.29, 0.717) is 12.4 Å². The van der Waals surface area contributed by atoms with Gasteiger partial charge < -0.3 is 14.8 Å². The zero-order chi connectivity index (χ0) is 12.7. The Hall–Kier alpha value is -1.36. The Morgan fingerprint density at radius 2 is 2.18 bits per heavy atom. The molecule has 1 N–H and O–H groups in total. The van der Waals surface area contributed by atoms with Gasteiger partial charge >= 0.3 is 0 Å². The van der Waals surface area contributed by atoms with Gasteiger partial charge in [0.1, 0.15) is 5.82 Å². The minimum atomic E-state index is 0.244. The molecule has 0 saturated carbocycles. The third-order valence-electron chi connectivity index (χ3n) is 2.44. The third kappa shape index (κ3) is 4.19. The minimum absolute atomic E-state index is 0.244. The van der Waals surface area contributed by atoms with Crippen molar-refractivity contribution in [1.29, 1.82) is 0 Å². The molecule has 0 aliphatic rings. The first-order valence-electron chi connectivity index (χ1n) is 5.84. The highest BCUT2D eigenvalue weighted by atomic mass is 16.5. The summed E-state index contributed by atoms with van der Waals surface area (Å²) in [5, 5.41) is 3.34. The average molecular weight is 239 g/mol. The molecule has 0 bridgehead atoms. The van der Waals surface area contributed by atoms with Gasteiger partial charge in [-0.2, -0.15) is 0 Å². The summed E-state index contributed by atoms with van der Waals surface area (Å²) in [6.07, 6.45) is 3.80. The van der Waals surface area contributed by atoms with Gasteiger partial charge in [0.2, 0.25) is 0 Å². The van der Waals surface area contributed by atoms with Gasteiger partial charge in [-0.3, -0.25) is 0 Å². The Labute approximate surface area is 103 Å². The van der Waals surface area contributed by atoms with Crippen molar-refractivity contribution in [3.8, 4) is 5.75 Å². The predicted molar refractivity (Wildman–Crippen MR) is 67.5 cm³/mol. The second kappa shape index (κ2) is 7.06. The number of nitrogens with one attached hydrogen (secondary N) is 1. The van der Waals surface area contributed by atoms with Gasteiger partial charge in [-0.05, 0) is 13.3 Å². The van der Waals surface area contributed by atoms with Crippen molar-refractivity contribution in [2.45, 2.75) is 32.7 Å². The Bertz CT molecular complexity index is 339. The fraction of sp³-hybridized carbons (Fsp3) is 0.667. The molecule has 5 nitrogen and oxygen atoms in total. The molecule has 1 atom stereocenters. The van der Waals surface area contributed by atoms with E-state index in [1.54, 1.807) is 20.4 Å². The monoisotopic (exact) mass is 239 g/mol. The molecule has 0 aliphatic heterocycles. The van der Waals surface area contributed by atoms with Crippen LogP contribution < -0.4 is 10.1 Å². The topological polar surface area (TPSA) is 56.3 Å². The maximum Gasteiger partial charge on any atom is 0.179 e. The lowest BCUT2D eigenvalue weighted by molar-refractivity contribution is 0.182. The number of nitrogens with zero attached hydrogens (tertiary/aromatic N) is 2. The van der Waals surface area contributed by atoms with E-state index in [-0.39, 0.29) is 6.04 Å². The van der Waals surface area contributed by atoms with Gasteiger partial charge in [-0.25, -0.2) is 9.97 Å². The lowest BCUT2D eigenvalue weighted by atomic mass is 10.2. The first-order chi connectivity index (χ1) is 8.21. The molecule has 1 unspecified atom stereocenters. The highest BCUT2D eigenvalue weighted by molar-refractivity contribution is 5.49. The zero-order valence-electron chi connectivity index (χ0n) is 11.0. The van der Waals surface area contributed by atoms with Gasteiger partial charge in [0.15, 0.2) is 11.6 Å². The molecule has 0 spiro atoms. The fourth-order valence-electron chi connectivity index (χ4n) is 1.65. The van der Waals surface area contributed by atoms with E-state index in [1.165, 1.54) is 0 Å². The summed E-state index contributed by atoms with van der Waals surface area (Å²) in [5.41, 5.74) is 0. The molecule has 0 aliphatic carbocycles. The molecule has 96 valence electrons. The molecular formula is C12H21N3O2. The van der Waals surface area contributed by atoms with E-state index in [4.69, 9.17) is 9.47 Å². The Kier molecular flexibility index (Phi) is 5.69. The van der Waals surface area contributed by atoms with Gasteiger partial charge in [0, 0.05) is 7.11 Å². The maximum atomic E-state index is 5.23. The van der Waals surface area contributed by atoms with Crippen LogP contribution in [-0.2, 0) is 4.74 Å². The molecule has 1 rings (SSSR count). The molecule has 0 saturated heterocycles. The standard InChI is InChI=1S/C12H21N3O2/c1-5-6-10(8-16-3)15-12-11(17-4)7-13-9(2)14-12/h7,10H,5-6,8H2,1-4H3,(H,13,14,15). The molecule has 0 amide bonds. The summed E-state index contributed by atoms with van der Waals surface area (Å²) in [4.78, 5) is 8.45. The number of aromatic nitrogens is 2. The third-order valence-corrected chi connectivity index (χ3v) is 2.44. The van der Waals surface area contributed by atoms with E-state index in [2.05, 4.69) is 22.2 Å². The fourth-order valence-corrected chi connectivity index (χ4v) is 1.65. The molecule has 0 radical (unpaired) electrons. The van der Waals surface area contributed by atoms with Crippen molar-refractivity contribution in [2.75, 3.05) is 26.1 Å². The highest BCUT2D eigenvalue weighted by Crippen LogP contribution is 2.21. The van der Waals surface area contributed by atoms with Crippen LogP contribution in [0.2, 0.25) is 0 Å². The number of methoxy groups -OCH3 is 2. The molecule has 0 fully saturated rings. The highest BCUT2D eigenvalue weighted by Gasteiger charge is 2.12. The molecule has 1 heterocycles. The predicted octanol–water partition coefficient (Wildman–Crippen LogP) is 2.02. The van der Waals surface area contributed by atoms with E-state index in [9.17, 15) is 0 Å². The lowest BCUT2D eigenvalue weighted by Crippen LogP contribution is -2.25. The molecular weight excluding hydrogens is 218 g/mol. The average Bonchev–Trinajstić information content (AvgIpc) is 2.30. The SMILES string of the molecule is CCCC(COC)Nc1nc(C)ncc1OC. The molecule has 5 heteroatoms. The van der Waals surface area contributed by atoms with Crippen LogP contribution in [0.3, 0.4) is 0 Å². The van der Waals surface area contributed by atoms with Gasteiger partial charge in [0.05, 0.1) is 26.0 Å².